The van der Waals surface area contributed by atoms with Crippen molar-refractivity contribution in [2.75, 3.05) is 10.6 Å². The Morgan fingerprint density at radius 1 is 1.23 bits per heavy atom. The highest BCUT2D eigenvalue weighted by atomic mass is 35.5. The van der Waals surface area contributed by atoms with Gasteiger partial charge in [-0.05, 0) is 49.4 Å². The average molecular weight is 368 g/mol. The number of ether oxygens (including phenoxy) is 1. The molecule has 2 heterocycles. The number of rotatable bonds is 2. The fraction of sp³-hybridized carbons (Fsp3) is 0.105. The van der Waals surface area contributed by atoms with Crippen molar-refractivity contribution in [1.29, 1.82) is 0 Å². The normalized spacial score (nSPS) is 18.6. The van der Waals surface area contributed by atoms with E-state index >= 15 is 0 Å². The van der Waals surface area contributed by atoms with Crippen LogP contribution < -0.4 is 15.4 Å². The fourth-order valence-electron chi connectivity index (χ4n) is 2.80. The monoisotopic (exact) mass is 367 g/mol. The highest BCUT2D eigenvalue weighted by molar-refractivity contribution is 6.31. The first-order valence-corrected chi connectivity index (χ1v) is 8.30. The van der Waals surface area contributed by atoms with Gasteiger partial charge in [-0.3, -0.25) is 14.6 Å². The zero-order valence-corrected chi connectivity index (χ0v) is 14.5. The van der Waals surface area contributed by atoms with Crippen molar-refractivity contribution in [3.8, 4) is 5.75 Å². The zero-order chi connectivity index (χ0) is 18.3. The second kappa shape index (κ2) is 6.00. The maximum atomic E-state index is 12.9. The minimum absolute atomic E-state index is 0.381. The predicted molar refractivity (Wildman–Crippen MR) is 99.5 cm³/mol. The molecule has 6 nitrogen and oxygen atoms in total. The molecule has 0 aliphatic carbocycles. The van der Waals surface area contributed by atoms with Crippen LogP contribution in [0.3, 0.4) is 0 Å². The third kappa shape index (κ3) is 2.64. The molecule has 2 amide bonds. The number of anilines is 2. The topological polar surface area (TPSA) is 80.3 Å². The van der Waals surface area contributed by atoms with Gasteiger partial charge in [0.15, 0.2) is 0 Å². The summed E-state index contributed by atoms with van der Waals surface area (Å²) in [6.45, 7) is 1.43. The number of aromatic nitrogens is 1. The molecule has 26 heavy (non-hydrogen) atoms. The summed E-state index contributed by atoms with van der Waals surface area (Å²) >= 11 is 5.93. The second-order valence-electron chi connectivity index (χ2n) is 6.06. The first-order valence-electron chi connectivity index (χ1n) is 7.92. The van der Waals surface area contributed by atoms with Crippen LogP contribution in [0.2, 0.25) is 5.02 Å². The SMILES string of the molecule is CC1(C(=O)Nc2cccc3ncccc23)Oc2ccc(Cl)cc2NC1=O. The van der Waals surface area contributed by atoms with Gasteiger partial charge in [0.1, 0.15) is 5.75 Å². The minimum Gasteiger partial charge on any atom is -0.466 e. The van der Waals surface area contributed by atoms with Crippen molar-refractivity contribution in [3.63, 3.8) is 0 Å². The van der Waals surface area contributed by atoms with Gasteiger partial charge in [-0.1, -0.05) is 17.7 Å². The Kier molecular flexibility index (Phi) is 3.77. The molecule has 1 atom stereocenters. The van der Waals surface area contributed by atoms with Gasteiger partial charge in [-0.25, -0.2) is 0 Å². The number of hydrogen-bond donors (Lipinski definition) is 2. The molecule has 7 heteroatoms. The van der Waals surface area contributed by atoms with Crippen molar-refractivity contribution in [2.24, 2.45) is 0 Å². The highest BCUT2D eigenvalue weighted by Gasteiger charge is 2.47. The van der Waals surface area contributed by atoms with E-state index in [1.54, 1.807) is 42.6 Å². The number of hydrogen-bond acceptors (Lipinski definition) is 4. The van der Waals surface area contributed by atoms with E-state index in [0.717, 1.165) is 10.9 Å². The Morgan fingerprint density at radius 2 is 2.08 bits per heavy atom. The molecule has 2 aromatic carbocycles. The minimum atomic E-state index is -1.72. The summed E-state index contributed by atoms with van der Waals surface area (Å²) in [6, 6.07) is 13.8. The smallest absolute Gasteiger partial charge is 0.278 e. The zero-order valence-electron chi connectivity index (χ0n) is 13.7. The van der Waals surface area contributed by atoms with Gasteiger partial charge in [-0.15, -0.1) is 0 Å². The highest BCUT2D eigenvalue weighted by Crippen LogP contribution is 2.36. The number of carbonyl (C=O) groups excluding carboxylic acids is 2. The van der Waals surface area contributed by atoms with E-state index in [2.05, 4.69) is 15.6 Å². The molecule has 0 saturated heterocycles. The molecule has 2 N–H and O–H groups in total. The Bertz CT molecular complexity index is 1050. The van der Waals surface area contributed by atoms with Crippen molar-refractivity contribution in [3.05, 3.63) is 59.8 Å². The van der Waals surface area contributed by atoms with Crippen molar-refractivity contribution >= 4 is 45.7 Å². The van der Waals surface area contributed by atoms with Crippen molar-refractivity contribution < 1.29 is 14.3 Å². The lowest BCUT2D eigenvalue weighted by Crippen LogP contribution is -2.56. The Labute approximate surface area is 154 Å². The van der Waals surface area contributed by atoms with E-state index in [4.69, 9.17) is 16.3 Å². The fourth-order valence-corrected chi connectivity index (χ4v) is 2.97. The number of halogens is 1. The van der Waals surface area contributed by atoms with Crippen LogP contribution in [0.1, 0.15) is 6.92 Å². The molecule has 0 radical (unpaired) electrons. The molecule has 0 bridgehead atoms. The summed E-state index contributed by atoms with van der Waals surface area (Å²) < 4.78 is 5.73. The van der Waals surface area contributed by atoms with E-state index in [0.29, 0.717) is 22.1 Å². The van der Waals surface area contributed by atoms with E-state index in [-0.39, 0.29) is 0 Å². The van der Waals surface area contributed by atoms with Crippen molar-refractivity contribution in [2.45, 2.75) is 12.5 Å². The molecule has 3 aromatic rings. The molecule has 0 spiro atoms. The largest absolute Gasteiger partial charge is 0.466 e. The van der Waals surface area contributed by atoms with Crippen LogP contribution in [-0.4, -0.2) is 22.4 Å². The average Bonchev–Trinajstić information content (AvgIpc) is 2.63. The number of nitrogens with one attached hydrogen (secondary N) is 2. The lowest BCUT2D eigenvalue weighted by Gasteiger charge is -2.33. The van der Waals surface area contributed by atoms with Crippen LogP contribution in [0, 0.1) is 0 Å². The maximum Gasteiger partial charge on any atom is 0.278 e. The molecular weight excluding hydrogens is 354 g/mol. The Balaban J connectivity index is 1.67. The quantitative estimate of drug-likeness (QED) is 0.678. The molecule has 1 unspecified atom stereocenters. The van der Waals surface area contributed by atoms with Crippen LogP contribution in [0.4, 0.5) is 11.4 Å². The molecule has 4 rings (SSSR count). The van der Waals surface area contributed by atoms with Gasteiger partial charge in [0, 0.05) is 16.6 Å². The van der Waals surface area contributed by atoms with E-state index in [1.807, 2.05) is 12.1 Å². The third-order valence-electron chi connectivity index (χ3n) is 4.26. The van der Waals surface area contributed by atoms with Crippen LogP contribution in [0.25, 0.3) is 10.9 Å². The molecular formula is C19H14ClN3O3. The summed E-state index contributed by atoms with van der Waals surface area (Å²) in [7, 11) is 0. The van der Waals surface area contributed by atoms with Crippen LogP contribution in [0.5, 0.6) is 5.75 Å². The van der Waals surface area contributed by atoms with Gasteiger partial charge in [0.25, 0.3) is 17.4 Å². The number of benzene rings is 2. The number of nitrogens with zero attached hydrogens (tertiary/aromatic N) is 1. The molecule has 1 aromatic heterocycles. The third-order valence-corrected chi connectivity index (χ3v) is 4.50. The maximum absolute atomic E-state index is 12.9. The molecule has 1 aliphatic heterocycles. The summed E-state index contributed by atoms with van der Waals surface area (Å²) in [5.41, 5.74) is 0.0114. The van der Waals surface area contributed by atoms with E-state index in [1.165, 1.54) is 6.92 Å². The summed E-state index contributed by atoms with van der Waals surface area (Å²) in [5, 5.41) is 6.69. The van der Waals surface area contributed by atoms with Gasteiger partial charge >= 0.3 is 0 Å². The molecule has 1 aliphatic rings. The summed E-state index contributed by atoms with van der Waals surface area (Å²) in [5.74, 6) is -0.763. The Morgan fingerprint density at radius 3 is 2.92 bits per heavy atom. The van der Waals surface area contributed by atoms with Crippen LogP contribution in [-0.2, 0) is 9.59 Å². The van der Waals surface area contributed by atoms with Crippen LogP contribution >= 0.6 is 11.6 Å². The summed E-state index contributed by atoms with van der Waals surface area (Å²) in [6.07, 6.45) is 1.68. The molecule has 0 fully saturated rings. The standard InChI is InChI=1S/C19H14ClN3O3/c1-19(18(25)23-15-10-11(20)7-8-16(15)26-19)17(24)22-14-6-2-5-13-12(14)4-3-9-21-13/h2-10H,1H3,(H,22,24)(H,23,25). The van der Waals surface area contributed by atoms with Crippen LogP contribution in [0.15, 0.2) is 54.7 Å². The lowest BCUT2D eigenvalue weighted by molar-refractivity contribution is -0.143. The lowest BCUT2D eigenvalue weighted by atomic mass is 10.0. The van der Waals surface area contributed by atoms with Gasteiger partial charge in [0.05, 0.1) is 16.9 Å². The first kappa shape index (κ1) is 16.4. The van der Waals surface area contributed by atoms with Gasteiger partial charge in [-0.2, -0.15) is 0 Å². The Hall–Kier alpha value is -3.12. The van der Waals surface area contributed by atoms with Gasteiger partial charge in [0.2, 0.25) is 0 Å². The number of carbonyl (C=O) groups is 2. The van der Waals surface area contributed by atoms with E-state index in [9.17, 15) is 9.59 Å². The van der Waals surface area contributed by atoms with Gasteiger partial charge < -0.3 is 15.4 Å². The number of amides is 2. The predicted octanol–water partition coefficient (Wildman–Crippen LogP) is 3.62. The molecule has 0 saturated carbocycles. The number of pyridine rings is 1. The number of fused-ring (bicyclic) bond motifs is 2. The molecule has 130 valence electrons. The second-order valence-corrected chi connectivity index (χ2v) is 6.50. The van der Waals surface area contributed by atoms with E-state index < -0.39 is 17.4 Å². The first-order chi connectivity index (χ1) is 12.5. The van der Waals surface area contributed by atoms with Crippen molar-refractivity contribution in [1.82, 2.24) is 4.98 Å². The summed E-state index contributed by atoms with van der Waals surface area (Å²) in [4.78, 5) is 29.7.